The third-order valence-corrected chi connectivity index (χ3v) is 7.21. The number of likely N-dealkylation sites (tertiary alicyclic amines) is 1. The normalized spacial score (nSPS) is 15.3. The summed E-state index contributed by atoms with van der Waals surface area (Å²) in [6.07, 6.45) is 9.66. The molecule has 0 aliphatic carbocycles. The maximum atomic E-state index is 13.4. The van der Waals surface area contributed by atoms with Crippen LogP contribution < -0.4 is 0 Å². The molecular formula is C25H28N4O3S. The summed E-state index contributed by atoms with van der Waals surface area (Å²) in [5.41, 5.74) is 2.38. The Labute approximate surface area is 195 Å². The van der Waals surface area contributed by atoms with Crippen molar-refractivity contribution < 1.29 is 13.2 Å². The average molecular weight is 465 g/mol. The number of aromatic nitrogens is 2. The van der Waals surface area contributed by atoms with Gasteiger partial charge < -0.3 is 4.90 Å². The summed E-state index contributed by atoms with van der Waals surface area (Å²) >= 11 is 0. The standard InChI is InChI=1S/C25H28N4O3S/c1-33(31,32)24-9-3-2-7-22(24)19-28-14-10-23(11-15-28)29(18-20-6-4-12-26-16-20)25(30)21-8-5-13-27-17-21/h2-9,12-13,16-17,23H,10-11,14-15,18-19H2,1H3. The molecule has 1 saturated heterocycles. The van der Waals surface area contributed by atoms with Gasteiger partial charge in [-0.15, -0.1) is 0 Å². The summed E-state index contributed by atoms with van der Waals surface area (Å²) in [5, 5.41) is 0. The van der Waals surface area contributed by atoms with Crippen LogP contribution in [0.3, 0.4) is 0 Å². The lowest BCUT2D eigenvalue weighted by Gasteiger charge is -2.39. The molecule has 1 aliphatic rings. The molecule has 0 N–H and O–H groups in total. The van der Waals surface area contributed by atoms with Crippen molar-refractivity contribution in [3.8, 4) is 0 Å². The summed E-state index contributed by atoms with van der Waals surface area (Å²) in [4.78, 5) is 26.2. The number of piperidine rings is 1. The Balaban J connectivity index is 1.48. The Morgan fingerprint density at radius 1 is 1.00 bits per heavy atom. The van der Waals surface area contributed by atoms with E-state index in [0.717, 1.165) is 37.1 Å². The highest BCUT2D eigenvalue weighted by Crippen LogP contribution is 2.24. The summed E-state index contributed by atoms with van der Waals surface area (Å²) in [7, 11) is -3.28. The van der Waals surface area contributed by atoms with Crippen LogP contribution in [0.1, 0.15) is 34.3 Å². The molecule has 4 rings (SSSR count). The molecule has 0 unspecified atom stereocenters. The van der Waals surface area contributed by atoms with Crippen molar-refractivity contribution in [1.82, 2.24) is 19.8 Å². The molecule has 2 aromatic heterocycles. The van der Waals surface area contributed by atoms with E-state index in [1.807, 2.05) is 29.2 Å². The van der Waals surface area contributed by atoms with Gasteiger partial charge in [-0.2, -0.15) is 0 Å². The van der Waals surface area contributed by atoms with Gasteiger partial charge in [0.25, 0.3) is 5.91 Å². The molecule has 1 aromatic carbocycles. The van der Waals surface area contributed by atoms with Crippen LogP contribution in [-0.2, 0) is 22.9 Å². The lowest BCUT2D eigenvalue weighted by Crippen LogP contribution is -2.47. The van der Waals surface area contributed by atoms with Gasteiger partial charge in [0.15, 0.2) is 9.84 Å². The Bertz CT molecular complexity index is 1180. The van der Waals surface area contributed by atoms with Crippen LogP contribution in [0.2, 0.25) is 0 Å². The molecule has 172 valence electrons. The molecule has 3 aromatic rings. The zero-order valence-corrected chi connectivity index (χ0v) is 19.5. The smallest absolute Gasteiger partial charge is 0.255 e. The minimum atomic E-state index is -3.28. The summed E-state index contributed by atoms with van der Waals surface area (Å²) in [5.74, 6) is -0.0344. The van der Waals surface area contributed by atoms with Crippen LogP contribution in [0.15, 0.2) is 78.2 Å². The number of hydrogen-bond acceptors (Lipinski definition) is 6. The number of sulfone groups is 1. The Morgan fingerprint density at radius 2 is 1.70 bits per heavy atom. The maximum Gasteiger partial charge on any atom is 0.255 e. The first-order chi connectivity index (χ1) is 15.9. The quantitative estimate of drug-likeness (QED) is 0.534. The van der Waals surface area contributed by atoms with Gasteiger partial charge >= 0.3 is 0 Å². The summed E-state index contributed by atoms with van der Waals surface area (Å²) in [6.45, 7) is 2.64. The number of carbonyl (C=O) groups is 1. The third-order valence-electron chi connectivity index (χ3n) is 6.01. The van der Waals surface area contributed by atoms with Gasteiger partial charge in [-0.3, -0.25) is 19.7 Å². The van der Waals surface area contributed by atoms with E-state index in [-0.39, 0.29) is 11.9 Å². The monoisotopic (exact) mass is 464 g/mol. The number of benzene rings is 1. The van der Waals surface area contributed by atoms with Crippen molar-refractivity contribution in [3.05, 3.63) is 90.0 Å². The molecule has 33 heavy (non-hydrogen) atoms. The van der Waals surface area contributed by atoms with Crippen molar-refractivity contribution in [2.45, 2.75) is 36.9 Å². The van der Waals surface area contributed by atoms with Gasteiger partial charge in [0, 0.05) is 63.3 Å². The van der Waals surface area contributed by atoms with Crippen LogP contribution in [0.5, 0.6) is 0 Å². The first-order valence-electron chi connectivity index (χ1n) is 11.0. The van der Waals surface area contributed by atoms with E-state index in [1.165, 1.54) is 6.26 Å². The van der Waals surface area contributed by atoms with Crippen molar-refractivity contribution in [3.63, 3.8) is 0 Å². The van der Waals surface area contributed by atoms with Gasteiger partial charge in [-0.1, -0.05) is 24.3 Å². The van der Waals surface area contributed by atoms with Crippen molar-refractivity contribution in [1.29, 1.82) is 0 Å². The second-order valence-corrected chi connectivity index (χ2v) is 10.4. The van der Waals surface area contributed by atoms with Crippen LogP contribution in [0.4, 0.5) is 0 Å². The van der Waals surface area contributed by atoms with Crippen LogP contribution in [-0.4, -0.2) is 59.5 Å². The lowest BCUT2D eigenvalue weighted by atomic mass is 10.0. The molecule has 0 radical (unpaired) electrons. The number of nitrogens with zero attached hydrogens (tertiary/aromatic N) is 4. The van der Waals surface area contributed by atoms with E-state index in [0.29, 0.717) is 23.5 Å². The first-order valence-corrected chi connectivity index (χ1v) is 12.9. The molecule has 3 heterocycles. The molecule has 1 fully saturated rings. The van der Waals surface area contributed by atoms with Crippen molar-refractivity contribution >= 4 is 15.7 Å². The van der Waals surface area contributed by atoms with Gasteiger partial charge in [0.05, 0.1) is 10.5 Å². The summed E-state index contributed by atoms with van der Waals surface area (Å²) in [6, 6.07) is 14.7. The Morgan fingerprint density at radius 3 is 2.33 bits per heavy atom. The zero-order valence-electron chi connectivity index (χ0n) is 18.7. The molecule has 0 bridgehead atoms. The predicted octanol–water partition coefficient (Wildman–Crippen LogP) is 3.19. The van der Waals surface area contributed by atoms with Crippen molar-refractivity contribution in [2.75, 3.05) is 19.3 Å². The Hall–Kier alpha value is -3.10. The van der Waals surface area contributed by atoms with Crippen LogP contribution in [0, 0.1) is 0 Å². The second kappa shape index (κ2) is 10.2. The summed E-state index contributed by atoms with van der Waals surface area (Å²) < 4.78 is 24.3. The number of amides is 1. The van der Waals surface area contributed by atoms with E-state index in [4.69, 9.17) is 0 Å². The number of pyridine rings is 2. The van der Waals surface area contributed by atoms with E-state index >= 15 is 0 Å². The molecule has 1 aliphatic heterocycles. The molecule has 7 nitrogen and oxygen atoms in total. The first kappa shape index (κ1) is 23.1. The van der Waals surface area contributed by atoms with E-state index in [9.17, 15) is 13.2 Å². The van der Waals surface area contributed by atoms with Crippen LogP contribution in [0.25, 0.3) is 0 Å². The number of hydrogen-bond donors (Lipinski definition) is 0. The Kier molecular flexibility index (Phi) is 7.15. The minimum Gasteiger partial charge on any atom is -0.331 e. The fourth-order valence-corrected chi connectivity index (χ4v) is 5.27. The predicted molar refractivity (Wildman–Crippen MR) is 126 cm³/mol. The molecule has 1 amide bonds. The SMILES string of the molecule is CS(=O)(=O)c1ccccc1CN1CCC(N(Cc2cccnc2)C(=O)c2cccnc2)CC1. The highest BCUT2D eigenvalue weighted by molar-refractivity contribution is 7.90. The minimum absolute atomic E-state index is 0.0344. The van der Waals surface area contributed by atoms with Crippen LogP contribution >= 0.6 is 0 Å². The van der Waals surface area contributed by atoms with Gasteiger partial charge in [0.1, 0.15) is 0 Å². The largest absolute Gasteiger partial charge is 0.331 e. The number of carbonyl (C=O) groups excluding carboxylic acids is 1. The molecule has 0 atom stereocenters. The molecular weight excluding hydrogens is 436 g/mol. The fourth-order valence-electron chi connectivity index (χ4n) is 4.34. The highest BCUT2D eigenvalue weighted by Gasteiger charge is 2.29. The van der Waals surface area contributed by atoms with Gasteiger partial charge in [0.2, 0.25) is 0 Å². The van der Waals surface area contributed by atoms with Gasteiger partial charge in [-0.25, -0.2) is 8.42 Å². The number of rotatable bonds is 7. The zero-order chi connectivity index (χ0) is 23.3. The fraction of sp³-hybridized carbons (Fsp3) is 0.320. The highest BCUT2D eigenvalue weighted by atomic mass is 32.2. The molecule has 0 saturated carbocycles. The van der Waals surface area contributed by atoms with E-state index in [1.54, 1.807) is 49.1 Å². The van der Waals surface area contributed by atoms with E-state index < -0.39 is 9.84 Å². The van der Waals surface area contributed by atoms with Gasteiger partial charge in [-0.05, 0) is 48.2 Å². The maximum absolute atomic E-state index is 13.4. The lowest BCUT2D eigenvalue weighted by molar-refractivity contribution is 0.0541. The second-order valence-electron chi connectivity index (χ2n) is 8.42. The average Bonchev–Trinajstić information content (AvgIpc) is 2.84. The third kappa shape index (κ3) is 5.83. The molecule has 0 spiro atoms. The van der Waals surface area contributed by atoms with E-state index in [2.05, 4.69) is 14.9 Å². The topological polar surface area (TPSA) is 83.5 Å². The van der Waals surface area contributed by atoms with Crippen molar-refractivity contribution in [2.24, 2.45) is 0 Å². The molecule has 8 heteroatoms.